The molecule has 0 aliphatic rings. The van der Waals surface area contributed by atoms with Gasteiger partial charge in [-0.25, -0.2) is 0 Å². The van der Waals surface area contributed by atoms with Crippen LogP contribution < -0.4 is 0 Å². The predicted molar refractivity (Wildman–Crippen MR) is 79.9 cm³/mol. The quantitative estimate of drug-likeness (QED) is 0.494. The monoisotopic (exact) mass is 228 g/mol. The molecule has 100 valence electrons. The second-order valence-corrected chi connectivity index (χ2v) is 5.16. The molecule has 0 N–H and O–H groups in total. The fraction of sp³-hybridized carbons (Fsp3) is 0.875. The summed E-state index contributed by atoms with van der Waals surface area (Å²) in [6.45, 7) is 18.0. The van der Waals surface area contributed by atoms with E-state index in [1.807, 2.05) is 0 Å². The second kappa shape index (κ2) is 12.8. The molecule has 0 heteroatoms. The fourth-order valence-corrected chi connectivity index (χ4v) is 1.26. The molecule has 0 saturated carbocycles. The maximum absolute atomic E-state index is 2.31. The average molecular weight is 228 g/mol. The van der Waals surface area contributed by atoms with Crippen LogP contribution in [0.5, 0.6) is 0 Å². The van der Waals surface area contributed by atoms with Gasteiger partial charge < -0.3 is 0 Å². The summed E-state index contributed by atoms with van der Waals surface area (Å²) in [5.41, 5.74) is 1.50. The summed E-state index contributed by atoms with van der Waals surface area (Å²) in [7, 11) is 0. The molecule has 0 rings (SSSR count). The van der Waals surface area contributed by atoms with E-state index in [-0.39, 0.29) is 7.43 Å². The number of hydrogen-bond donors (Lipinski definition) is 0. The molecule has 0 nitrogen and oxygen atoms in total. The van der Waals surface area contributed by atoms with Gasteiger partial charge in [-0.2, -0.15) is 0 Å². The summed E-state index contributed by atoms with van der Waals surface area (Å²) in [6.07, 6.45) is 4.65. The first kappa shape index (κ1) is 21.1. The number of allylic oxidation sites excluding steroid dienone is 2. The molecule has 0 aliphatic heterocycles. The zero-order valence-corrected chi connectivity index (χ0v) is 12.2. The van der Waals surface area contributed by atoms with Crippen molar-refractivity contribution >= 4 is 0 Å². The molecule has 0 radical (unpaired) electrons. The first-order chi connectivity index (χ1) is 6.86. The molecule has 0 spiro atoms. The SMILES string of the molecule is C.CC(C)C(C)C(C)C.CC/C=C(/C)CC. The Kier molecular flexibility index (Phi) is 16.9. The maximum atomic E-state index is 2.31. The smallest absolute Gasteiger partial charge is 0.0352 e. The van der Waals surface area contributed by atoms with Crippen molar-refractivity contribution in [3.8, 4) is 0 Å². The summed E-state index contributed by atoms with van der Waals surface area (Å²) in [5.74, 6) is 2.56. The largest absolute Gasteiger partial charge is 0.0859 e. The molecule has 0 aromatic rings. The normalized spacial score (nSPS) is 11.3. The lowest BCUT2D eigenvalue weighted by Gasteiger charge is -2.18. The van der Waals surface area contributed by atoms with Gasteiger partial charge in [-0.15, -0.1) is 0 Å². The Bertz CT molecular complexity index is 143. The average Bonchev–Trinajstić information content (AvgIpc) is 2.17. The summed E-state index contributed by atoms with van der Waals surface area (Å²) in [4.78, 5) is 0. The molecule has 0 aromatic heterocycles. The molecular weight excluding hydrogens is 192 g/mol. The molecule has 0 aliphatic carbocycles. The first-order valence-electron chi connectivity index (χ1n) is 6.52. The van der Waals surface area contributed by atoms with E-state index in [1.54, 1.807) is 0 Å². The van der Waals surface area contributed by atoms with E-state index < -0.39 is 0 Å². The van der Waals surface area contributed by atoms with E-state index in [2.05, 4.69) is 61.5 Å². The minimum atomic E-state index is 0. The van der Waals surface area contributed by atoms with Gasteiger partial charge in [0.15, 0.2) is 0 Å². The van der Waals surface area contributed by atoms with Gasteiger partial charge in [0.1, 0.15) is 0 Å². The highest BCUT2D eigenvalue weighted by atomic mass is 14.2. The lowest BCUT2D eigenvalue weighted by atomic mass is 9.88. The predicted octanol–water partition coefficient (Wildman–Crippen LogP) is 6.32. The molecule has 0 aromatic carbocycles. The third-order valence-electron chi connectivity index (χ3n) is 3.21. The van der Waals surface area contributed by atoms with Crippen molar-refractivity contribution in [2.75, 3.05) is 0 Å². The van der Waals surface area contributed by atoms with Crippen LogP contribution >= 0.6 is 0 Å². The van der Waals surface area contributed by atoms with E-state index in [0.29, 0.717) is 0 Å². The lowest BCUT2D eigenvalue weighted by Crippen LogP contribution is -2.10. The minimum absolute atomic E-state index is 0. The summed E-state index contributed by atoms with van der Waals surface area (Å²) in [5, 5.41) is 0. The standard InChI is InChI=1S/C8H18.C7H14.CH4/c1-6(2)8(5)7(3)4;1-4-6-7(3)5-2;/h6-8H,1-5H3;6H,4-5H2,1-3H3;1H4/b;7-6-;. The van der Waals surface area contributed by atoms with Crippen molar-refractivity contribution in [3.63, 3.8) is 0 Å². The third-order valence-corrected chi connectivity index (χ3v) is 3.21. The Balaban J connectivity index is -0.000000200. The Morgan fingerprint density at radius 2 is 1.31 bits per heavy atom. The van der Waals surface area contributed by atoms with Gasteiger partial charge in [-0.1, -0.05) is 67.5 Å². The molecule has 0 heterocycles. The van der Waals surface area contributed by atoms with Crippen LogP contribution in [0.4, 0.5) is 0 Å². The van der Waals surface area contributed by atoms with Gasteiger partial charge in [0.25, 0.3) is 0 Å². The van der Waals surface area contributed by atoms with Crippen molar-refractivity contribution < 1.29 is 0 Å². The van der Waals surface area contributed by atoms with Gasteiger partial charge in [0.2, 0.25) is 0 Å². The zero-order valence-electron chi connectivity index (χ0n) is 12.2. The highest BCUT2D eigenvalue weighted by Crippen LogP contribution is 2.18. The van der Waals surface area contributed by atoms with Crippen molar-refractivity contribution in [2.24, 2.45) is 17.8 Å². The maximum Gasteiger partial charge on any atom is -0.0352 e. The van der Waals surface area contributed by atoms with Gasteiger partial charge in [-0.05, 0) is 37.5 Å². The Labute approximate surface area is 106 Å². The van der Waals surface area contributed by atoms with Crippen LogP contribution in [0.15, 0.2) is 11.6 Å². The van der Waals surface area contributed by atoms with Crippen LogP contribution in [-0.2, 0) is 0 Å². The Morgan fingerprint density at radius 3 is 1.38 bits per heavy atom. The first-order valence-corrected chi connectivity index (χ1v) is 6.52. The van der Waals surface area contributed by atoms with Crippen LogP contribution in [0, 0.1) is 17.8 Å². The van der Waals surface area contributed by atoms with Crippen molar-refractivity contribution in [3.05, 3.63) is 11.6 Å². The third kappa shape index (κ3) is 13.7. The van der Waals surface area contributed by atoms with E-state index in [9.17, 15) is 0 Å². The van der Waals surface area contributed by atoms with Crippen LogP contribution in [0.1, 0.15) is 75.7 Å². The molecule has 0 fully saturated rings. The molecular formula is C16H36. The van der Waals surface area contributed by atoms with Crippen LogP contribution in [-0.4, -0.2) is 0 Å². The van der Waals surface area contributed by atoms with Gasteiger partial charge in [0, 0.05) is 0 Å². The molecule has 16 heavy (non-hydrogen) atoms. The van der Waals surface area contributed by atoms with E-state index >= 15 is 0 Å². The summed E-state index contributed by atoms with van der Waals surface area (Å²) in [6, 6.07) is 0. The van der Waals surface area contributed by atoms with Gasteiger partial charge >= 0.3 is 0 Å². The lowest BCUT2D eigenvalue weighted by molar-refractivity contribution is 0.316. The van der Waals surface area contributed by atoms with Crippen molar-refractivity contribution in [1.82, 2.24) is 0 Å². The Morgan fingerprint density at radius 1 is 0.938 bits per heavy atom. The number of hydrogen-bond acceptors (Lipinski definition) is 0. The minimum Gasteiger partial charge on any atom is -0.0859 e. The van der Waals surface area contributed by atoms with Crippen molar-refractivity contribution in [2.45, 2.75) is 75.7 Å². The second-order valence-electron chi connectivity index (χ2n) is 5.16. The topological polar surface area (TPSA) is 0 Å². The zero-order chi connectivity index (χ0) is 12.4. The van der Waals surface area contributed by atoms with Crippen LogP contribution in [0.3, 0.4) is 0 Å². The van der Waals surface area contributed by atoms with Gasteiger partial charge in [-0.3, -0.25) is 0 Å². The molecule has 0 bridgehead atoms. The number of rotatable bonds is 4. The van der Waals surface area contributed by atoms with Gasteiger partial charge in [0.05, 0.1) is 0 Å². The highest BCUT2D eigenvalue weighted by molar-refractivity contribution is 4.95. The molecule has 0 amide bonds. The van der Waals surface area contributed by atoms with Crippen LogP contribution in [0.25, 0.3) is 0 Å². The van der Waals surface area contributed by atoms with Crippen molar-refractivity contribution in [1.29, 1.82) is 0 Å². The Hall–Kier alpha value is -0.260. The van der Waals surface area contributed by atoms with Crippen LogP contribution in [0.2, 0.25) is 0 Å². The highest BCUT2D eigenvalue weighted by Gasteiger charge is 2.09. The van der Waals surface area contributed by atoms with E-state index in [1.165, 1.54) is 18.4 Å². The molecule has 0 atom stereocenters. The summed E-state index contributed by atoms with van der Waals surface area (Å²) >= 11 is 0. The summed E-state index contributed by atoms with van der Waals surface area (Å²) < 4.78 is 0. The van der Waals surface area contributed by atoms with E-state index in [4.69, 9.17) is 0 Å². The molecule has 0 unspecified atom stereocenters. The molecule has 0 saturated heterocycles. The fourth-order valence-electron chi connectivity index (χ4n) is 1.26. The van der Waals surface area contributed by atoms with E-state index in [0.717, 1.165) is 17.8 Å².